The van der Waals surface area contributed by atoms with Crippen LogP contribution in [0.15, 0.2) is 48.5 Å². The minimum absolute atomic E-state index is 0.0986. The summed E-state index contributed by atoms with van der Waals surface area (Å²) in [5, 5.41) is 0.705. The molecule has 1 saturated heterocycles. The minimum Gasteiger partial charge on any atom is -0.367 e. The first-order valence-corrected chi connectivity index (χ1v) is 11.3. The SMILES string of the molecule is CC1(C)CC(=O)C2(Cc3ccc(Cl)cc3N3CCC(c4ccccc4)CC32)C(=O)C1. The van der Waals surface area contributed by atoms with E-state index >= 15 is 0 Å². The number of carbonyl (C=O) groups is 2. The van der Waals surface area contributed by atoms with Crippen LogP contribution in [0.2, 0.25) is 5.02 Å². The molecule has 2 fully saturated rings. The molecule has 2 aliphatic heterocycles. The summed E-state index contributed by atoms with van der Waals surface area (Å²) in [5.74, 6) is 0.627. The Kier molecular flexibility index (Phi) is 4.59. The largest absolute Gasteiger partial charge is 0.367 e. The number of anilines is 1. The Balaban J connectivity index is 1.62. The van der Waals surface area contributed by atoms with Crippen molar-refractivity contribution in [2.75, 3.05) is 11.4 Å². The highest BCUT2D eigenvalue weighted by atomic mass is 35.5. The number of Topliss-reactive ketones (excluding diaryl/α,β-unsaturated/α-hetero) is 2. The molecule has 0 aromatic heterocycles. The molecule has 1 aliphatic carbocycles. The van der Waals surface area contributed by atoms with Crippen LogP contribution < -0.4 is 4.90 Å². The lowest BCUT2D eigenvalue weighted by Gasteiger charge is -2.56. The van der Waals surface area contributed by atoms with E-state index in [4.69, 9.17) is 11.6 Å². The van der Waals surface area contributed by atoms with Gasteiger partial charge in [0.2, 0.25) is 0 Å². The predicted octanol–water partition coefficient (Wildman–Crippen LogP) is 5.59. The normalized spacial score (nSPS) is 27.0. The lowest BCUT2D eigenvalue weighted by Crippen LogP contribution is -2.65. The number of carbonyl (C=O) groups excluding carboxylic acids is 2. The topological polar surface area (TPSA) is 37.4 Å². The lowest BCUT2D eigenvalue weighted by molar-refractivity contribution is -0.151. The zero-order valence-electron chi connectivity index (χ0n) is 17.7. The van der Waals surface area contributed by atoms with Crippen LogP contribution >= 0.6 is 11.6 Å². The fraction of sp³-hybridized carbons (Fsp3) is 0.462. The van der Waals surface area contributed by atoms with E-state index in [0.29, 0.717) is 30.2 Å². The van der Waals surface area contributed by atoms with Crippen LogP contribution in [0, 0.1) is 10.8 Å². The smallest absolute Gasteiger partial charge is 0.149 e. The fourth-order valence-electron chi connectivity index (χ4n) is 6.09. The molecule has 2 heterocycles. The molecule has 30 heavy (non-hydrogen) atoms. The van der Waals surface area contributed by atoms with Crippen molar-refractivity contribution < 1.29 is 9.59 Å². The molecule has 2 unspecified atom stereocenters. The Hall–Kier alpha value is -2.13. The Labute approximate surface area is 183 Å². The molecule has 0 amide bonds. The number of hydrogen-bond acceptors (Lipinski definition) is 3. The van der Waals surface area contributed by atoms with Gasteiger partial charge in [0, 0.05) is 36.1 Å². The van der Waals surface area contributed by atoms with Crippen LogP contribution in [0.4, 0.5) is 5.69 Å². The summed E-state index contributed by atoms with van der Waals surface area (Å²) in [6.45, 7) is 4.92. The van der Waals surface area contributed by atoms with Gasteiger partial charge in [-0.2, -0.15) is 0 Å². The number of rotatable bonds is 1. The van der Waals surface area contributed by atoms with Crippen molar-refractivity contribution in [3.05, 3.63) is 64.7 Å². The molecule has 0 N–H and O–H groups in total. The number of halogens is 1. The molecule has 1 saturated carbocycles. The predicted molar refractivity (Wildman–Crippen MR) is 120 cm³/mol. The molecule has 2 aromatic rings. The monoisotopic (exact) mass is 421 g/mol. The van der Waals surface area contributed by atoms with E-state index < -0.39 is 5.41 Å². The Bertz CT molecular complexity index is 993. The summed E-state index contributed by atoms with van der Waals surface area (Å²) in [5.41, 5.74) is 2.31. The van der Waals surface area contributed by atoms with Gasteiger partial charge in [0.15, 0.2) is 0 Å². The van der Waals surface area contributed by atoms with Crippen molar-refractivity contribution in [1.82, 2.24) is 0 Å². The van der Waals surface area contributed by atoms with Crippen molar-refractivity contribution in [3.8, 4) is 0 Å². The van der Waals surface area contributed by atoms with Crippen LogP contribution in [-0.2, 0) is 16.0 Å². The van der Waals surface area contributed by atoms with Gasteiger partial charge in [0.05, 0.1) is 0 Å². The number of benzene rings is 2. The fourth-order valence-corrected chi connectivity index (χ4v) is 6.26. The van der Waals surface area contributed by atoms with Gasteiger partial charge in [-0.25, -0.2) is 0 Å². The zero-order valence-corrected chi connectivity index (χ0v) is 18.4. The van der Waals surface area contributed by atoms with Crippen LogP contribution in [-0.4, -0.2) is 24.2 Å². The Morgan fingerprint density at radius 2 is 1.67 bits per heavy atom. The number of hydrogen-bond donors (Lipinski definition) is 0. The van der Waals surface area contributed by atoms with E-state index in [1.165, 1.54) is 5.56 Å². The van der Waals surface area contributed by atoms with Crippen molar-refractivity contribution in [1.29, 1.82) is 0 Å². The van der Waals surface area contributed by atoms with Gasteiger partial charge in [-0.05, 0) is 53.9 Å². The number of fused-ring (bicyclic) bond motifs is 4. The first-order chi connectivity index (χ1) is 14.3. The molecule has 4 heteroatoms. The van der Waals surface area contributed by atoms with Crippen LogP contribution in [0.3, 0.4) is 0 Å². The molecule has 2 atom stereocenters. The van der Waals surface area contributed by atoms with Crippen LogP contribution in [0.5, 0.6) is 0 Å². The second-order valence-electron chi connectivity index (χ2n) is 10.1. The van der Waals surface area contributed by atoms with E-state index in [-0.39, 0.29) is 23.0 Å². The summed E-state index contributed by atoms with van der Waals surface area (Å²) in [6, 6.07) is 16.4. The maximum Gasteiger partial charge on any atom is 0.149 e. The standard InChI is InChI=1S/C26H28ClNO2/c1-25(2)15-23(29)26(24(30)16-25)14-19-8-9-20(27)13-21(19)28-11-10-18(12-22(26)28)17-6-4-3-5-7-17/h3-9,13,18,22H,10-12,14-16H2,1-2H3. The average Bonchev–Trinajstić information content (AvgIpc) is 2.72. The van der Waals surface area contributed by atoms with Gasteiger partial charge < -0.3 is 4.90 Å². The first kappa shape index (κ1) is 19.8. The summed E-state index contributed by atoms with van der Waals surface area (Å²) in [6.07, 6.45) is 3.30. The molecule has 2 aromatic carbocycles. The summed E-state index contributed by atoms with van der Waals surface area (Å²) >= 11 is 6.34. The third-order valence-corrected chi connectivity index (χ3v) is 7.78. The first-order valence-electron chi connectivity index (χ1n) is 11.0. The molecule has 0 bridgehead atoms. The molecular weight excluding hydrogens is 394 g/mol. The van der Waals surface area contributed by atoms with Gasteiger partial charge >= 0.3 is 0 Å². The van der Waals surface area contributed by atoms with Gasteiger partial charge in [-0.15, -0.1) is 0 Å². The van der Waals surface area contributed by atoms with E-state index in [1.807, 2.05) is 38.1 Å². The van der Waals surface area contributed by atoms with E-state index in [9.17, 15) is 9.59 Å². The Morgan fingerprint density at radius 3 is 2.37 bits per heavy atom. The second kappa shape index (κ2) is 6.95. The van der Waals surface area contributed by atoms with Gasteiger partial charge in [0.1, 0.15) is 17.0 Å². The maximum atomic E-state index is 13.7. The molecule has 3 nitrogen and oxygen atoms in total. The number of ketones is 2. The lowest BCUT2D eigenvalue weighted by atomic mass is 9.55. The zero-order chi connectivity index (χ0) is 21.1. The third-order valence-electron chi connectivity index (χ3n) is 7.54. The van der Waals surface area contributed by atoms with Crippen molar-refractivity contribution >= 4 is 28.9 Å². The van der Waals surface area contributed by atoms with E-state index in [1.54, 1.807) is 0 Å². The summed E-state index contributed by atoms with van der Waals surface area (Å²) in [4.78, 5) is 29.7. The van der Waals surface area contributed by atoms with Crippen molar-refractivity contribution in [2.45, 2.75) is 57.9 Å². The molecular formula is C26H28ClNO2. The number of piperidine rings is 1. The van der Waals surface area contributed by atoms with Crippen LogP contribution in [0.25, 0.3) is 0 Å². The maximum absolute atomic E-state index is 13.7. The highest BCUT2D eigenvalue weighted by Crippen LogP contribution is 2.54. The van der Waals surface area contributed by atoms with Gasteiger partial charge in [-0.3, -0.25) is 9.59 Å². The molecule has 5 rings (SSSR count). The highest BCUT2D eigenvalue weighted by Gasteiger charge is 2.60. The molecule has 3 aliphatic rings. The molecule has 156 valence electrons. The van der Waals surface area contributed by atoms with Crippen molar-refractivity contribution in [3.63, 3.8) is 0 Å². The van der Waals surface area contributed by atoms with E-state index in [0.717, 1.165) is 30.6 Å². The highest BCUT2D eigenvalue weighted by molar-refractivity contribution is 6.31. The Morgan fingerprint density at radius 1 is 0.967 bits per heavy atom. The van der Waals surface area contributed by atoms with Gasteiger partial charge in [0.25, 0.3) is 0 Å². The van der Waals surface area contributed by atoms with E-state index in [2.05, 4.69) is 29.2 Å². The van der Waals surface area contributed by atoms with Crippen molar-refractivity contribution in [2.24, 2.45) is 10.8 Å². The molecule has 1 spiro atoms. The quantitative estimate of drug-likeness (QED) is 0.563. The van der Waals surface area contributed by atoms with Crippen LogP contribution in [0.1, 0.15) is 56.6 Å². The third kappa shape index (κ3) is 3.01. The summed E-state index contributed by atoms with van der Waals surface area (Å²) in [7, 11) is 0. The second-order valence-corrected chi connectivity index (χ2v) is 10.6. The minimum atomic E-state index is -0.927. The van der Waals surface area contributed by atoms with Gasteiger partial charge in [-0.1, -0.05) is 61.8 Å². The number of nitrogens with zero attached hydrogens (tertiary/aromatic N) is 1. The molecule has 0 radical (unpaired) electrons. The average molecular weight is 422 g/mol. The summed E-state index contributed by atoms with van der Waals surface area (Å²) < 4.78 is 0.